The van der Waals surface area contributed by atoms with Crippen LogP contribution in [-0.2, 0) is 29.3 Å². The van der Waals surface area contributed by atoms with E-state index in [1.807, 2.05) is 81.1 Å². The van der Waals surface area contributed by atoms with Gasteiger partial charge in [-0.1, -0.05) is 92.2 Å². The Hall–Kier alpha value is -6.69. The number of alkyl carbamates (subject to hydrolysis) is 2. The van der Waals surface area contributed by atoms with E-state index in [2.05, 4.69) is 58.1 Å². The van der Waals surface area contributed by atoms with Crippen LogP contribution in [0.3, 0.4) is 0 Å². The molecule has 2 aliphatic heterocycles. The normalized spacial score (nSPS) is 17.2. The van der Waals surface area contributed by atoms with Gasteiger partial charge in [-0.2, -0.15) is 0 Å². The molecule has 0 saturated carbocycles. The Morgan fingerprint density at radius 2 is 1.27 bits per heavy atom. The molecule has 0 aromatic heterocycles. The quantitative estimate of drug-likeness (QED) is 0.0306. The van der Waals surface area contributed by atoms with Gasteiger partial charge >= 0.3 is 12.2 Å². The Kier molecular flexibility index (Phi) is 25.4. The van der Waals surface area contributed by atoms with Crippen molar-refractivity contribution in [1.82, 2.24) is 20.4 Å². The standard InChI is InChI=1S/C37H47N5O8.C8H15NO2.C7H15NO.C3H8/c1-20(39-36(49)50-6)35(48)41-19-7-8-27(41)34(47)40-24-15-11-22(12-16-24)26-18-17-25(21-9-13-23(38-5)14-10-21)42(26)29-32(45)30(43)28(37(2,3)4)31(44)33(29)46;1-5-7(6(2)3)9-8(10)11-4;1-4-5-8(3)7(2)6-9;1-3-2/h9-16,20,25-27,38,43-46H,7-8,17-19H2,1-6H3,(H,39,49)(H,40,47);5-7H,1H2,2-4H3,(H,9,10);6-7H,4-5H2,1-3H3;3H2,1-2H3/t20-,25-,26?,27?;;7-;/m0.0./s1. The highest BCUT2D eigenvalue weighted by Gasteiger charge is 2.42. The molecule has 3 unspecified atom stereocenters. The molecule has 3 aromatic carbocycles. The van der Waals surface area contributed by atoms with E-state index < -0.39 is 58.7 Å². The zero-order chi connectivity index (χ0) is 55.3. The first kappa shape index (κ1) is 62.4. The van der Waals surface area contributed by atoms with E-state index in [1.54, 1.807) is 45.9 Å². The highest BCUT2D eigenvalue weighted by atomic mass is 16.5. The second kappa shape index (κ2) is 29.7. The summed E-state index contributed by atoms with van der Waals surface area (Å²) in [7, 11) is 6.34. The maximum Gasteiger partial charge on any atom is 0.407 e. The molecular weight excluding hydrogens is 935 g/mol. The molecule has 2 fully saturated rings. The maximum absolute atomic E-state index is 13.4. The van der Waals surface area contributed by atoms with Crippen molar-refractivity contribution in [3.8, 4) is 23.0 Å². The van der Waals surface area contributed by atoms with Gasteiger partial charge in [0.15, 0.2) is 23.0 Å². The van der Waals surface area contributed by atoms with E-state index >= 15 is 0 Å². The van der Waals surface area contributed by atoms with Crippen molar-refractivity contribution in [2.45, 2.75) is 149 Å². The average molecular weight is 1020 g/mol. The first-order chi connectivity index (χ1) is 34.4. The van der Waals surface area contributed by atoms with Crippen molar-refractivity contribution in [2.75, 3.05) is 56.9 Å². The van der Waals surface area contributed by atoms with Crippen LogP contribution >= 0.6 is 0 Å². The summed E-state index contributed by atoms with van der Waals surface area (Å²) in [4.78, 5) is 64.2. The summed E-state index contributed by atoms with van der Waals surface area (Å²) < 4.78 is 9.02. The van der Waals surface area contributed by atoms with E-state index in [0.717, 1.165) is 36.1 Å². The van der Waals surface area contributed by atoms with Crippen LogP contribution in [0.1, 0.15) is 137 Å². The smallest absolute Gasteiger partial charge is 0.407 e. The van der Waals surface area contributed by atoms with Gasteiger partial charge in [0.1, 0.15) is 24.1 Å². The Morgan fingerprint density at radius 3 is 1.68 bits per heavy atom. The number of carbonyl (C=O) groups is 5. The lowest BCUT2D eigenvalue weighted by atomic mass is 9.84. The van der Waals surface area contributed by atoms with Crippen molar-refractivity contribution in [3.63, 3.8) is 0 Å². The molecule has 2 aliphatic rings. The number of anilines is 3. The number of phenolic OH excluding ortho intramolecular Hbond substituents is 4. The van der Waals surface area contributed by atoms with Crippen LogP contribution < -0.4 is 26.2 Å². The number of amides is 4. The number of methoxy groups -OCH3 is 2. The van der Waals surface area contributed by atoms with Crippen molar-refractivity contribution in [2.24, 2.45) is 5.92 Å². The van der Waals surface area contributed by atoms with E-state index in [-0.39, 0.29) is 41.2 Å². The number of likely N-dealkylation sites (tertiary alicyclic amines) is 1. The number of benzene rings is 3. The van der Waals surface area contributed by atoms with Crippen LogP contribution in [0.2, 0.25) is 0 Å². The molecule has 2 heterocycles. The van der Waals surface area contributed by atoms with Gasteiger partial charge in [0.05, 0.1) is 38.4 Å². The lowest BCUT2D eigenvalue weighted by Gasteiger charge is -2.35. The van der Waals surface area contributed by atoms with Gasteiger partial charge in [0.2, 0.25) is 11.8 Å². The molecule has 2 saturated heterocycles. The van der Waals surface area contributed by atoms with E-state index in [0.29, 0.717) is 43.8 Å². The Bertz CT molecular complexity index is 2220. The summed E-state index contributed by atoms with van der Waals surface area (Å²) in [5.74, 6) is -2.42. The molecule has 406 valence electrons. The number of hydrogen-bond donors (Lipinski definition) is 8. The molecule has 73 heavy (non-hydrogen) atoms. The van der Waals surface area contributed by atoms with Gasteiger partial charge < -0.3 is 65.8 Å². The topological polar surface area (TPSA) is 243 Å². The minimum Gasteiger partial charge on any atom is -0.504 e. The van der Waals surface area contributed by atoms with Crippen LogP contribution in [0.15, 0.2) is 61.2 Å². The number of phenols is 4. The molecule has 8 N–H and O–H groups in total. The fourth-order valence-electron chi connectivity index (χ4n) is 8.51. The molecule has 0 radical (unpaired) electrons. The third-order valence-corrected chi connectivity index (χ3v) is 12.6. The van der Waals surface area contributed by atoms with Gasteiger partial charge in [0, 0.05) is 30.5 Å². The second-order valence-corrected chi connectivity index (χ2v) is 19.6. The third-order valence-electron chi connectivity index (χ3n) is 12.6. The van der Waals surface area contributed by atoms with E-state index in [1.165, 1.54) is 25.5 Å². The fraction of sp³-hybridized carbons (Fsp3) is 0.545. The molecule has 18 heteroatoms. The lowest BCUT2D eigenvalue weighted by molar-refractivity contribution is -0.137. The molecule has 0 spiro atoms. The third kappa shape index (κ3) is 17.2. The van der Waals surface area contributed by atoms with Gasteiger partial charge in [-0.15, -0.1) is 6.58 Å². The van der Waals surface area contributed by atoms with Gasteiger partial charge in [0.25, 0.3) is 0 Å². The summed E-state index contributed by atoms with van der Waals surface area (Å²) >= 11 is 0. The summed E-state index contributed by atoms with van der Waals surface area (Å²) in [6.45, 7) is 24.1. The van der Waals surface area contributed by atoms with E-state index in [9.17, 15) is 44.4 Å². The first-order valence-corrected chi connectivity index (χ1v) is 25.2. The highest BCUT2D eigenvalue weighted by molar-refractivity contribution is 5.98. The number of ether oxygens (including phenoxy) is 2. The number of aromatic hydroxyl groups is 4. The lowest BCUT2D eigenvalue weighted by Crippen LogP contribution is -2.51. The Balaban J connectivity index is 0.000000657. The Labute approximate surface area is 433 Å². The Morgan fingerprint density at radius 1 is 0.795 bits per heavy atom. The molecule has 4 amide bonds. The zero-order valence-electron chi connectivity index (χ0n) is 45.7. The summed E-state index contributed by atoms with van der Waals surface area (Å²) in [5.41, 5.74) is 2.35. The van der Waals surface area contributed by atoms with Crippen LogP contribution in [0.4, 0.5) is 26.7 Å². The van der Waals surface area contributed by atoms with Crippen LogP contribution in [-0.4, -0.2) is 126 Å². The predicted octanol–water partition coefficient (Wildman–Crippen LogP) is 9.49. The molecule has 5 rings (SSSR count). The zero-order valence-corrected chi connectivity index (χ0v) is 45.7. The number of aldehydes is 1. The van der Waals surface area contributed by atoms with Crippen molar-refractivity contribution >= 4 is 47.3 Å². The van der Waals surface area contributed by atoms with Crippen molar-refractivity contribution in [1.29, 1.82) is 0 Å². The molecule has 18 nitrogen and oxygen atoms in total. The predicted molar refractivity (Wildman–Crippen MR) is 289 cm³/mol. The minimum atomic E-state index is -0.859. The van der Waals surface area contributed by atoms with Crippen molar-refractivity contribution < 1.29 is 53.9 Å². The molecule has 6 atom stereocenters. The second-order valence-electron chi connectivity index (χ2n) is 19.6. The molecular formula is C55H85N7O11. The maximum atomic E-state index is 13.4. The van der Waals surface area contributed by atoms with E-state index in [4.69, 9.17) is 0 Å². The SMILES string of the molecule is C=CC(NC(=O)OC)C(C)C.CCC.CCCN(C)[C@@H](C)C=O.CNc1ccc([C@@H]2CCC(c3ccc(NC(=O)C4CCCN4C(=O)[C@H](C)NC(=O)OC)cc3)N2c2c(O)c(O)c(C(C)(C)C)c(O)c2O)cc1. The number of likely N-dealkylation sites (N-methyl/N-ethyl adjacent to an activating group) is 1. The van der Waals surface area contributed by atoms with Crippen LogP contribution in [0.25, 0.3) is 0 Å². The van der Waals surface area contributed by atoms with Gasteiger partial charge in [-0.05, 0) is 106 Å². The first-order valence-electron chi connectivity index (χ1n) is 25.2. The number of nitrogens with zero attached hydrogens (tertiary/aromatic N) is 3. The number of hydrogen-bond acceptors (Lipinski definition) is 14. The summed E-state index contributed by atoms with van der Waals surface area (Å²) in [6, 6.07) is 12.8. The average Bonchev–Trinajstić information content (AvgIpc) is 4.04. The monoisotopic (exact) mass is 1020 g/mol. The van der Waals surface area contributed by atoms with Gasteiger partial charge in [-0.3, -0.25) is 14.5 Å². The largest absolute Gasteiger partial charge is 0.504 e. The van der Waals surface area contributed by atoms with Gasteiger partial charge in [-0.25, -0.2) is 9.59 Å². The molecule has 3 aromatic rings. The molecule has 0 aliphatic carbocycles. The number of rotatable bonds is 15. The highest BCUT2D eigenvalue weighted by Crippen LogP contribution is 2.60. The fourth-order valence-corrected chi connectivity index (χ4v) is 8.51. The minimum absolute atomic E-state index is 0.0116. The summed E-state index contributed by atoms with van der Waals surface area (Å²) in [5, 5.41) is 56.3. The number of carbonyl (C=O) groups excluding carboxylic acids is 5. The molecule has 0 bridgehead atoms. The van der Waals surface area contributed by atoms with Crippen LogP contribution in [0, 0.1) is 5.92 Å². The van der Waals surface area contributed by atoms with Crippen molar-refractivity contribution in [3.05, 3.63) is 77.9 Å². The van der Waals surface area contributed by atoms with Crippen LogP contribution in [0.5, 0.6) is 23.0 Å². The number of nitrogens with one attached hydrogen (secondary N) is 4. The summed E-state index contributed by atoms with van der Waals surface area (Å²) in [6.07, 6.45) is 6.25.